The van der Waals surface area contributed by atoms with Crippen molar-refractivity contribution in [1.82, 2.24) is 10.0 Å². The lowest BCUT2D eigenvalue weighted by molar-refractivity contribution is 0.0961. The Hall–Kier alpha value is -0.200. The quantitative estimate of drug-likeness (QED) is 0.668. The first-order valence-electron chi connectivity index (χ1n) is 4.84. The summed E-state index contributed by atoms with van der Waals surface area (Å²) in [7, 11) is -3.27. The molecule has 0 spiro atoms. The lowest BCUT2D eigenvalue weighted by Gasteiger charge is -2.34. The molecule has 0 aromatic heterocycles. The van der Waals surface area contributed by atoms with E-state index in [1.54, 1.807) is 0 Å². The molecule has 0 aromatic carbocycles. The molecule has 0 aromatic rings. The largest absolute Gasteiger partial charge is 0.310 e. The van der Waals surface area contributed by atoms with Crippen LogP contribution in [0, 0.1) is 0 Å². The van der Waals surface area contributed by atoms with Crippen molar-refractivity contribution in [2.45, 2.75) is 25.4 Å². The zero-order chi connectivity index (χ0) is 10.7. The van der Waals surface area contributed by atoms with Crippen LogP contribution in [0.2, 0.25) is 0 Å². The highest BCUT2D eigenvalue weighted by atomic mass is 32.2. The highest BCUT2D eigenvalue weighted by Gasteiger charge is 2.37. The Labute approximate surface area is 84.3 Å². The van der Waals surface area contributed by atoms with E-state index < -0.39 is 15.7 Å². The molecule has 1 heterocycles. The van der Waals surface area contributed by atoms with Gasteiger partial charge in [0.1, 0.15) is 5.67 Å². The minimum Gasteiger partial charge on any atom is -0.310 e. The summed E-state index contributed by atoms with van der Waals surface area (Å²) in [5.74, 6) is 0.0903. The van der Waals surface area contributed by atoms with E-state index >= 15 is 0 Å². The van der Waals surface area contributed by atoms with Gasteiger partial charge >= 0.3 is 0 Å². The molecule has 0 saturated carbocycles. The number of alkyl halides is 1. The Bertz CT molecular complexity index is 275. The van der Waals surface area contributed by atoms with Gasteiger partial charge in [0.25, 0.3) is 0 Å². The summed E-state index contributed by atoms with van der Waals surface area (Å²) in [5, 5.41) is 2.77. The van der Waals surface area contributed by atoms with Crippen LogP contribution in [0.5, 0.6) is 0 Å². The molecule has 1 rings (SSSR count). The van der Waals surface area contributed by atoms with Crippen molar-refractivity contribution in [1.29, 1.82) is 0 Å². The van der Waals surface area contributed by atoms with E-state index in [2.05, 4.69) is 10.0 Å². The third kappa shape index (κ3) is 3.51. The zero-order valence-electron chi connectivity index (χ0n) is 8.35. The van der Waals surface area contributed by atoms with Crippen molar-refractivity contribution in [3.05, 3.63) is 0 Å². The Morgan fingerprint density at radius 2 is 2.14 bits per heavy atom. The first-order chi connectivity index (χ1) is 6.47. The second-order valence-electron chi connectivity index (χ2n) is 3.75. The van der Waals surface area contributed by atoms with Crippen LogP contribution in [0.3, 0.4) is 0 Å². The summed E-state index contributed by atoms with van der Waals surface area (Å²) in [6, 6.07) is 0. The molecular weight excluding hydrogens is 207 g/mol. The molecule has 0 atom stereocenters. The van der Waals surface area contributed by atoms with Gasteiger partial charge in [-0.25, -0.2) is 17.5 Å². The Balaban J connectivity index is 2.28. The standard InChI is InChI=1S/C8H17FN2O2S/c1-2-3-4-14(12,13)11-7-8(9)5-10-6-8/h10-11H,2-7H2,1H3. The molecule has 0 bridgehead atoms. The number of halogens is 1. The number of sulfonamides is 1. The number of unbranched alkanes of at least 4 members (excludes halogenated alkanes) is 1. The van der Waals surface area contributed by atoms with Crippen LogP contribution in [0.1, 0.15) is 19.8 Å². The SMILES string of the molecule is CCCCS(=O)(=O)NCC1(F)CNC1. The van der Waals surface area contributed by atoms with Gasteiger partial charge in [-0.05, 0) is 6.42 Å². The average Bonchev–Trinajstić information content (AvgIpc) is 2.09. The topological polar surface area (TPSA) is 58.2 Å². The van der Waals surface area contributed by atoms with Crippen molar-refractivity contribution in [2.24, 2.45) is 0 Å². The zero-order valence-corrected chi connectivity index (χ0v) is 9.16. The molecule has 14 heavy (non-hydrogen) atoms. The molecule has 1 saturated heterocycles. The van der Waals surface area contributed by atoms with Gasteiger partial charge in [0, 0.05) is 19.6 Å². The van der Waals surface area contributed by atoms with E-state index in [0.717, 1.165) is 6.42 Å². The van der Waals surface area contributed by atoms with Crippen LogP contribution in [-0.4, -0.2) is 39.5 Å². The molecule has 0 aliphatic carbocycles. The summed E-state index contributed by atoms with van der Waals surface area (Å²) in [4.78, 5) is 0. The number of hydrogen-bond donors (Lipinski definition) is 2. The summed E-state index contributed by atoms with van der Waals surface area (Å²) >= 11 is 0. The van der Waals surface area contributed by atoms with Gasteiger partial charge in [0.2, 0.25) is 10.0 Å². The molecule has 2 N–H and O–H groups in total. The van der Waals surface area contributed by atoms with Gasteiger partial charge in [0.05, 0.1) is 5.75 Å². The smallest absolute Gasteiger partial charge is 0.211 e. The monoisotopic (exact) mass is 224 g/mol. The van der Waals surface area contributed by atoms with E-state index in [9.17, 15) is 12.8 Å². The molecular formula is C8H17FN2O2S. The van der Waals surface area contributed by atoms with Crippen LogP contribution in [-0.2, 0) is 10.0 Å². The van der Waals surface area contributed by atoms with E-state index in [1.165, 1.54) is 0 Å². The number of rotatable bonds is 6. The van der Waals surface area contributed by atoms with Crippen molar-refractivity contribution < 1.29 is 12.8 Å². The predicted molar refractivity (Wildman–Crippen MR) is 53.4 cm³/mol. The summed E-state index contributed by atoms with van der Waals surface area (Å²) in [6.45, 7) is 2.29. The molecule has 1 aliphatic heterocycles. The molecule has 0 radical (unpaired) electrons. The molecule has 1 fully saturated rings. The fraction of sp³-hybridized carbons (Fsp3) is 1.00. The number of hydrogen-bond acceptors (Lipinski definition) is 3. The van der Waals surface area contributed by atoms with Gasteiger partial charge in [-0.1, -0.05) is 13.3 Å². The van der Waals surface area contributed by atoms with Crippen LogP contribution in [0.15, 0.2) is 0 Å². The van der Waals surface area contributed by atoms with E-state index in [-0.39, 0.29) is 25.4 Å². The van der Waals surface area contributed by atoms with Gasteiger partial charge < -0.3 is 5.32 Å². The van der Waals surface area contributed by atoms with Crippen LogP contribution < -0.4 is 10.0 Å². The fourth-order valence-corrected chi connectivity index (χ4v) is 2.46. The normalized spacial score (nSPS) is 20.4. The third-order valence-corrected chi connectivity index (χ3v) is 3.67. The van der Waals surface area contributed by atoms with Crippen molar-refractivity contribution in [2.75, 3.05) is 25.4 Å². The maximum absolute atomic E-state index is 13.4. The predicted octanol–water partition coefficient (Wildman–Crippen LogP) is 0.0174. The fourth-order valence-electron chi connectivity index (χ4n) is 1.17. The van der Waals surface area contributed by atoms with Crippen molar-refractivity contribution >= 4 is 10.0 Å². The molecule has 0 amide bonds. The molecule has 1 aliphatic rings. The van der Waals surface area contributed by atoms with Crippen molar-refractivity contribution in [3.63, 3.8) is 0 Å². The third-order valence-electron chi connectivity index (χ3n) is 2.26. The first-order valence-corrected chi connectivity index (χ1v) is 6.50. The van der Waals surface area contributed by atoms with Gasteiger partial charge in [-0.15, -0.1) is 0 Å². The minimum absolute atomic E-state index is 0.0903. The van der Waals surface area contributed by atoms with Crippen LogP contribution in [0.25, 0.3) is 0 Å². The lowest BCUT2D eigenvalue weighted by atomic mass is 10.0. The molecule has 84 valence electrons. The highest BCUT2D eigenvalue weighted by molar-refractivity contribution is 7.89. The summed E-state index contributed by atoms with van der Waals surface area (Å²) < 4.78 is 38.2. The summed E-state index contributed by atoms with van der Waals surface area (Å²) in [6.07, 6.45) is 1.44. The Morgan fingerprint density at radius 1 is 1.50 bits per heavy atom. The molecule has 4 nitrogen and oxygen atoms in total. The van der Waals surface area contributed by atoms with Crippen LogP contribution in [0.4, 0.5) is 4.39 Å². The lowest BCUT2D eigenvalue weighted by Crippen LogP contribution is -2.61. The maximum atomic E-state index is 13.4. The Kier molecular flexibility index (Phi) is 3.86. The number of nitrogens with one attached hydrogen (secondary N) is 2. The second-order valence-corrected chi connectivity index (χ2v) is 5.67. The minimum atomic E-state index is -3.27. The maximum Gasteiger partial charge on any atom is 0.211 e. The second kappa shape index (κ2) is 4.55. The first kappa shape index (κ1) is 11.9. The molecule has 6 heteroatoms. The average molecular weight is 224 g/mol. The Morgan fingerprint density at radius 3 is 2.57 bits per heavy atom. The van der Waals surface area contributed by atoms with Gasteiger partial charge in [0.15, 0.2) is 0 Å². The van der Waals surface area contributed by atoms with Crippen LogP contribution >= 0.6 is 0 Å². The van der Waals surface area contributed by atoms with Gasteiger partial charge in [-0.3, -0.25) is 0 Å². The van der Waals surface area contributed by atoms with E-state index in [1.807, 2.05) is 6.92 Å². The molecule has 0 unspecified atom stereocenters. The highest BCUT2D eigenvalue weighted by Crippen LogP contribution is 2.15. The van der Waals surface area contributed by atoms with Gasteiger partial charge in [-0.2, -0.15) is 0 Å². The summed E-state index contributed by atoms with van der Waals surface area (Å²) in [5.41, 5.74) is -1.38. The van der Waals surface area contributed by atoms with E-state index in [4.69, 9.17) is 0 Å². The van der Waals surface area contributed by atoms with Crippen molar-refractivity contribution in [3.8, 4) is 0 Å². The van der Waals surface area contributed by atoms with E-state index in [0.29, 0.717) is 6.42 Å².